The fourth-order valence-electron chi connectivity index (χ4n) is 2.51. The summed E-state index contributed by atoms with van der Waals surface area (Å²) in [5, 5.41) is 9.67. The van der Waals surface area contributed by atoms with Crippen LogP contribution in [0.5, 0.6) is 5.75 Å². The number of carbonyl (C=O) groups excluding carboxylic acids is 1. The lowest BCUT2D eigenvalue weighted by atomic mass is 10.0. The molecule has 1 fully saturated rings. The Morgan fingerprint density at radius 3 is 2.40 bits per heavy atom. The molecule has 0 bridgehead atoms. The number of sulfonamides is 1. The van der Waals surface area contributed by atoms with Gasteiger partial charge in [0.25, 0.3) is 0 Å². The largest absolute Gasteiger partial charge is 0.573 e. The van der Waals surface area contributed by atoms with E-state index < -0.39 is 40.3 Å². The maximum absolute atomic E-state index is 12.7. The average Bonchev–Trinajstić information content (AvgIpc) is 2.52. The van der Waals surface area contributed by atoms with Crippen LogP contribution in [-0.2, 0) is 19.6 Å². The summed E-state index contributed by atoms with van der Waals surface area (Å²) < 4.78 is 71.0. The van der Waals surface area contributed by atoms with Crippen molar-refractivity contribution in [2.24, 2.45) is 0 Å². The van der Waals surface area contributed by atoms with E-state index in [9.17, 15) is 31.5 Å². The van der Waals surface area contributed by atoms with E-state index >= 15 is 0 Å². The molecule has 0 saturated carbocycles. The monoisotopic (exact) mass is 383 g/mol. The lowest BCUT2D eigenvalue weighted by Gasteiger charge is -2.34. The van der Waals surface area contributed by atoms with E-state index in [1.54, 1.807) is 0 Å². The van der Waals surface area contributed by atoms with Crippen LogP contribution in [0.3, 0.4) is 0 Å². The maximum Gasteiger partial charge on any atom is 0.573 e. The molecule has 140 valence electrons. The lowest BCUT2D eigenvalue weighted by molar-refractivity contribution is -0.274. The SMILES string of the molecule is COC(=O)[C@H]1C[C@@H](O)CCN1S(=O)(=O)c1ccc(OC(F)(F)F)cc1. The first kappa shape index (κ1) is 19.5. The van der Waals surface area contributed by atoms with Gasteiger partial charge in [-0.15, -0.1) is 13.2 Å². The summed E-state index contributed by atoms with van der Waals surface area (Å²) in [6.07, 6.45) is -5.74. The van der Waals surface area contributed by atoms with Gasteiger partial charge in [-0.1, -0.05) is 0 Å². The minimum absolute atomic E-state index is 0.121. The quantitative estimate of drug-likeness (QED) is 0.788. The highest BCUT2D eigenvalue weighted by Gasteiger charge is 2.41. The number of aliphatic hydroxyl groups excluding tert-OH is 1. The number of benzene rings is 1. The Labute approximate surface area is 142 Å². The Kier molecular flexibility index (Phi) is 5.59. The minimum Gasteiger partial charge on any atom is -0.468 e. The van der Waals surface area contributed by atoms with Crippen LogP contribution in [0.25, 0.3) is 0 Å². The summed E-state index contributed by atoms with van der Waals surface area (Å²) in [6, 6.07) is 2.44. The van der Waals surface area contributed by atoms with E-state index in [0.29, 0.717) is 0 Å². The third kappa shape index (κ3) is 4.61. The number of esters is 1. The highest BCUT2D eigenvalue weighted by atomic mass is 32.2. The van der Waals surface area contributed by atoms with Gasteiger partial charge in [-0.25, -0.2) is 8.42 Å². The molecule has 0 aromatic heterocycles. The predicted molar refractivity (Wildman–Crippen MR) is 78.1 cm³/mol. The van der Waals surface area contributed by atoms with Gasteiger partial charge in [-0.05, 0) is 30.7 Å². The van der Waals surface area contributed by atoms with Gasteiger partial charge in [0.05, 0.1) is 18.1 Å². The first-order chi connectivity index (χ1) is 11.5. The molecule has 25 heavy (non-hydrogen) atoms. The molecule has 0 amide bonds. The zero-order chi connectivity index (χ0) is 18.8. The lowest BCUT2D eigenvalue weighted by Crippen LogP contribution is -2.51. The van der Waals surface area contributed by atoms with Crippen molar-refractivity contribution < 1.29 is 41.0 Å². The second kappa shape index (κ2) is 7.18. The molecule has 2 rings (SSSR count). The molecule has 1 aromatic rings. The van der Waals surface area contributed by atoms with Crippen LogP contribution >= 0.6 is 0 Å². The molecular weight excluding hydrogens is 367 g/mol. The van der Waals surface area contributed by atoms with Crippen molar-refractivity contribution in [1.29, 1.82) is 0 Å². The Morgan fingerprint density at radius 2 is 1.88 bits per heavy atom. The number of halogens is 3. The molecule has 1 aromatic carbocycles. The molecule has 0 radical (unpaired) electrons. The number of hydrogen-bond acceptors (Lipinski definition) is 6. The number of ether oxygens (including phenoxy) is 2. The Morgan fingerprint density at radius 1 is 1.28 bits per heavy atom. The summed E-state index contributed by atoms with van der Waals surface area (Å²) in [5.74, 6) is -1.38. The fraction of sp³-hybridized carbons (Fsp3) is 0.500. The number of carbonyl (C=O) groups is 1. The van der Waals surface area contributed by atoms with Crippen LogP contribution in [0, 0.1) is 0 Å². The van der Waals surface area contributed by atoms with E-state index in [4.69, 9.17) is 0 Å². The van der Waals surface area contributed by atoms with Crippen molar-refractivity contribution in [2.45, 2.75) is 36.2 Å². The standard InChI is InChI=1S/C14H16F3NO6S/c1-23-13(20)12-8-9(19)6-7-18(12)25(21,22)11-4-2-10(3-5-11)24-14(15,16)17/h2-5,9,12,19H,6-8H2,1H3/t9-,12+/m0/s1. The first-order valence-corrected chi connectivity index (χ1v) is 8.62. The third-order valence-corrected chi connectivity index (χ3v) is 5.59. The van der Waals surface area contributed by atoms with Crippen molar-refractivity contribution in [3.8, 4) is 5.75 Å². The van der Waals surface area contributed by atoms with Crippen molar-refractivity contribution in [3.05, 3.63) is 24.3 Å². The number of aliphatic hydroxyl groups is 1. The second-order valence-electron chi connectivity index (χ2n) is 5.35. The van der Waals surface area contributed by atoms with Gasteiger partial charge in [0, 0.05) is 13.0 Å². The van der Waals surface area contributed by atoms with Gasteiger partial charge < -0.3 is 14.6 Å². The number of rotatable bonds is 4. The van der Waals surface area contributed by atoms with Crippen LogP contribution < -0.4 is 4.74 Å². The van der Waals surface area contributed by atoms with Crippen LogP contribution in [0.15, 0.2) is 29.2 Å². The summed E-state index contributed by atoms with van der Waals surface area (Å²) in [7, 11) is -3.07. The van der Waals surface area contributed by atoms with E-state index in [-0.39, 0.29) is 24.3 Å². The van der Waals surface area contributed by atoms with Crippen LogP contribution in [0.1, 0.15) is 12.8 Å². The summed E-state index contributed by atoms with van der Waals surface area (Å²) >= 11 is 0. The topological polar surface area (TPSA) is 93.1 Å². The molecule has 7 nitrogen and oxygen atoms in total. The highest BCUT2D eigenvalue weighted by Crippen LogP contribution is 2.29. The molecule has 0 aliphatic carbocycles. The normalized spacial score (nSPS) is 22.4. The van der Waals surface area contributed by atoms with Crippen LogP contribution in [-0.4, -0.2) is 56.0 Å². The smallest absolute Gasteiger partial charge is 0.468 e. The van der Waals surface area contributed by atoms with Gasteiger partial charge in [0.1, 0.15) is 11.8 Å². The summed E-state index contributed by atoms with van der Waals surface area (Å²) in [5.41, 5.74) is 0. The molecule has 0 spiro atoms. The Balaban J connectivity index is 2.28. The fourth-order valence-corrected chi connectivity index (χ4v) is 4.12. The van der Waals surface area contributed by atoms with E-state index in [1.807, 2.05) is 0 Å². The van der Waals surface area contributed by atoms with Crippen LogP contribution in [0.2, 0.25) is 0 Å². The van der Waals surface area contributed by atoms with Gasteiger partial charge in [0.15, 0.2) is 0 Å². The van der Waals surface area contributed by atoms with Gasteiger partial charge in [0.2, 0.25) is 10.0 Å². The number of alkyl halides is 3. The van der Waals surface area contributed by atoms with Crippen LogP contribution in [0.4, 0.5) is 13.2 Å². The second-order valence-corrected chi connectivity index (χ2v) is 7.24. The zero-order valence-corrected chi connectivity index (χ0v) is 13.9. The van der Waals surface area contributed by atoms with Crippen molar-refractivity contribution >= 4 is 16.0 Å². The number of nitrogens with zero attached hydrogens (tertiary/aromatic N) is 1. The highest BCUT2D eigenvalue weighted by molar-refractivity contribution is 7.89. The summed E-state index contributed by atoms with van der Waals surface area (Å²) in [4.78, 5) is 11.5. The van der Waals surface area contributed by atoms with E-state index in [2.05, 4.69) is 9.47 Å². The molecule has 1 saturated heterocycles. The Bertz CT molecular complexity index is 719. The Hall–Kier alpha value is -1.85. The van der Waals surface area contributed by atoms with E-state index in [0.717, 1.165) is 35.7 Å². The first-order valence-electron chi connectivity index (χ1n) is 7.18. The average molecular weight is 383 g/mol. The van der Waals surface area contributed by atoms with Gasteiger partial charge >= 0.3 is 12.3 Å². The van der Waals surface area contributed by atoms with Crippen molar-refractivity contribution in [3.63, 3.8) is 0 Å². The molecule has 11 heteroatoms. The molecule has 1 aliphatic rings. The van der Waals surface area contributed by atoms with Gasteiger partial charge in [-0.2, -0.15) is 4.31 Å². The maximum atomic E-state index is 12.7. The van der Waals surface area contributed by atoms with Gasteiger partial charge in [-0.3, -0.25) is 4.79 Å². The molecule has 0 unspecified atom stereocenters. The third-order valence-electron chi connectivity index (χ3n) is 3.66. The predicted octanol–water partition coefficient (Wildman–Crippen LogP) is 1.27. The minimum atomic E-state index is -4.89. The number of piperidine rings is 1. The van der Waals surface area contributed by atoms with E-state index in [1.165, 1.54) is 0 Å². The number of hydrogen-bond donors (Lipinski definition) is 1. The molecule has 1 aliphatic heterocycles. The number of methoxy groups -OCH3 is 1. The summed E-state index contributed by atoms with van der Waals surface area (Å²) in [6.45, 7) is -0.121. The van der Waals surface area contributed by atoms with Crippen molar-refractivity contribution in [2.75, 3.05) is 13.7 Å². The van der Waals surface area contributed by atoms with Crippen molar-refractivity contribution in [1.82, 2.24) is 4.31 Å². The molecule has 1 heterocycles. The molecule has 1 N–H and O–H groups in total. The zero-order valence-electron chi connectivity index (χ0n) is 13.1. The molecular formula is C14H16F3NO6S. The molecule has 2 atom stereocenters.